The SMILES string of the molecule is CCN1CCN(c2ccc(C(=O)NCCC3CCCNC3)cc2F)CC1.Cl.Cl. The van der Waals surface area contributed by atoms with Crippen LogP contribution in [0.15, 0.2) is 18.2 Å². The van der Waals surface area contributed by atoms with Gasteiger partial charge in [-0.05, 0) is 63.0 Å². The Morgan fingerprint density at radius 1 is 1.25 bits per heavy atom. The van der Waals surface area contributed by atoms with Gasteiger partial charge in [-0.3, -0.25) is 4.79 Å². The van der Waals surface area contributed by atoms with Crippen molar-refractivity contribution < 1.29 is 9.18 Å². The highest BCUT2D eigenvalue weighted by atomic mass is 35.5. The lowest BCUT2D eigenvalue weighted by Gasteiger charge is -2.35. The molecule has 8 heteroatoms. The molecule has 1 unspecified atom stereocenters. The molecule has 0 saturated carbocycles. The number of rotatable bonds is 6. The van der Waals surface area contributed by atoms with Gasteiger partial charge in [-0.25, -0.2) is 4.39 Å². The molecule has 0 spiro atoms. The average molecular weight is 435 g/mol. The maximum Gasteiger partial charge on any atom is 0.251 e. The van der Waals surface area contributed by atoms with Crippen LogP contribution in [0.25, 0.3) is 0 Å². The van der Waals surface area contributed by atoms with E-state index in [0.717, 1.165) is 52.2 Å². The Morgan fingerprint density at radius 3 is 2.61 bits per heavy atom. The van der Waals surface area contributed by atoms with Gasteiger partial charge in [0.1, 0.15) is 5.82 Å². The Bertz CT molecular complexity index is 606. The molecule has 1 aromatic rings. The number of hydrogen-bond donors (Lipinski definition) is 2. The Morgan fingerprint density at radius 2 is 2.00 bits per heavy atom. The summed E-state index contributed by atoms with van der Waals surface area (Å²) in [6, 6.07) is 4.86. The minimum atomic E-state index is -0.306. The van der Waals surface area contributed by atoms with Gasteiger partial charge < -0.3 is 20.4 Å². The van der Waals surface area contributed by atoms with Crippen LogP contribution in [0, 0.1) is 11.7 Å². The van der Waals surface area contributed by atoms with Crippen molar-refractivity contribution >= 4 is 36.4 Å². The summed E-state index contributed by atoms with van der Waals surface area (Å²) in [4.78, 5) is 16.7. The lowest BCUT2D eigenvalue weighted by atomic mass is 9.96. The number of hydrogen-bond acceptors (Lipinski definition) is 4. The zero-order valence-corrected chi connectivity index (χ0v) is 18.2. The van der Waals surface area contributed by atoms with Gasteiger partial charge in [-0.15, -0.1) is 24.8 Å². The van der Waals surface area contributed by atoms with E-state index in [-0.39, 0.29) is 36.5 Å². The maximum atomic E-state index is 14.5. The van der Waals surface area contributed by atoms with Crippen molar-refractivity contribution in [2.45, 2.75) is 26.2 Å². The second kappa shape index (κ2) is 12.5. The van der Waals surface area contributed by atoms with Crippen LogP contribution in [0.5, 0.6) is 0 Å². The predicted octanol–water partition coefficient (Wildman–Crippen LogP) is 2.93. The summed E-state index contributed by atoms with van der Waals surface area (Å²) in [5.41, 5.74) is 1.01. The third-order valence-corrected chi connectivity index (χ3v) is 5.61. The molecule has 5 nitrogen and oxygen atoms in total. The van der Waals surface area contributed by atoms with Crippen molar-refractivity contribution in [3.05, 3.63) is 29.6 Å². The first-order valence-corrected chi connectivity index (χ1v) is 9.93. The molecular weight excluding hydrogens is 402 g/mol. The molecule has 0 aromatic heterocycles. The molecule has 3 rings (SSSR count). The third-order valence-electron chi connectivity index (χ3n) is 5.61. The number of likely N-dealkylation sites (N-methyl/N-ethyl adjacent to an activating group) is 1. The lowest BCUT2D eigenvalue weighted by Crippen LogP contribution is -2.46. The summed E-state index contributed by atoms with van der Waals surface area (Å²) in [5.74, 6) is 0.138. The van der Waals surface area contributed by atoms with E-state index in [9.17, 15) is 9.18 Å². The van der Waals surface area contributed by atoms with Crippen molar-refractivity contribution in [3.63, 3.8) is 0 Å². The van der Waals surface area contributed by atoms with Crippen LogP contribution in [0.1, 0.15) is 36.5 Å². The summed E-state index contributed by atoms with van der Waals surface area (Å²) in [6.45, 7) is 9.51. The molecule has 2 heterocycles. The summed E-state index contributed by atoms with van der Waals surface area (Å²) in [7, 11) is 0. The molecule has 0 radical (unpaired) electrons. The predicted molar refractivity (Wildman–Crippen MR) is 118 cm³/mol. The Balaban J connectivity index is 0.00000196. The van der Waals surface area contributed by atoms with Gasteiger partial charge in [-0.1, -0.05) is 6.92 Å². The van der Waals surface area contributed by atoms with E-state index in [1.54, 1.807) is 12.1 Å². The van der Waals surface area contributed by atoms with Crippen LogP contribution in [-0.4, -0.2) is 63.2 Å². The number of benzene rings is 1. The molecule has 1 aromatic carbocycles. The first kappa shape index (κ1) is 25.0. The average Bonchev–Trinajstić information content (AvgIpc) is 2.69. The van der Waals surface area contributed by atoms with Crippen molar-refractivity contribution in [1.82, 2.24) is 15.5 Å². The fourth-order valence-electron chi connectivity index (χ4n) is 3.87. The number of nitrogens with zero attached hydrogens (tertiary/aromatic N) is 2. The molecule has 2 N–H and O–H groups in total. The van der Waals surface area contributed by atoms with E-state index >= 15 is 0 Å². The maximum absolute atomic E-state index is 14.5. The monoisotopic (exact) mass is 434 g/mol. The van der Waals surface area contributed by atoms with Crippen molar-refractivity contribution in [2.24, 2.45) is 5.92 Å². The number of piperidine rings is 1. The molecule has 0 bridgehead atoms. The van der Waals surface area contributed by atoms with E-state index in [1.165, 1.54) is 18.9 Å². The third kappa shape index (κ3) is 6.76. The smallest absolute Gasteiger partial charge is 0.251 e. The summed E-state index contributed by atoms with van der Waals surface area (Å²) >= 11 is 0. The van der Waals surface area contributed by atoms with Gasteiger partial charge in [0.15, 0.2) is 0 Å². The largest absolute Gasteiger partial charge is 0.367 e. The number of carbonyl (C=O) groups excluding carboxylic acids is 1. The molecular formula is C20H33Cl2FN4O. The zero-order valence-electron chi connectivity index (χ0n) is 16.6. The summed E-state index contributed by atoms with van der Waals surface area (Å²) in [5, 5.41) is 6.32. The first-order valence-electron chi connectivity index (χ1n) is 9.93. The van der Waals surface area contributed by atoms with Gasteiger partial charge in [-0.2, -0.15) is 0 Å². The Labute approximate surface area is 180 Å². The van der Waals surface area contributed by atoms with Crippen molar-refractivity contribution in [2.75, 3.05) is 57.3 Å². The second-order valence-electron chi connectivity index (χ2n) is 7.34. The first-order chi connectivity index (χ1) is 12.7. The minimum absolute atomic E-state index is 0. The number of piperazine rings is 1. The molecule has 28 heavy (non-hydrogen) atoms. The van der Waals surface area contributed by atoms with Crippen LogP contribution >= 0.6 is 24.8 Å². The second-order valence-corrected chi connectivity index (χ2v) is 7.34. The van der Waals surface area contributed by atoms with E-state index in [4.69, 9.17) is 0 Å². The molecule has 2 aliphatic heterocycles. The van der Waals surface area contributed by atoms with Crippen molar-refractivity contribution in [3.8, 4) is 0 Å². The van der Waals surface area contributed by atoms with E-state index < -0.39 is 0 Å². The molecule has 160 valence electrons. The molecule has 0 aliphatic carbocycles. The minimum Gasteiger partial charge on any atom is -0.367 e. The number of amides is 1. The standard InChI is InChI=1S/C20H31FN4O.2ClH/c1-2-24-10-12-25(13-11-24)19-6-5-17(14-18(19)21)20(26)23-9-7-16-4-3-8-22-15-16;;/h5-6,14,16,22H,2-4,7-13,15H2,1H3,(H,23,26);2*1H. The number of carbonyl (C=O) groups is 1. The molecule has 1 amide bonds. The van der Waals surface area contributed by atoms with E-state index in [0.29, 0.717) is 23.7 Å². The number of nitrogens with one attached hydrogen (secondary N) is 2. The van der Waals surface area contributed by atoms with Crippen LogP contribution in [-0.2, 0) is 0 Å². The Kier molecular flexibility index (Phi) is 11.1. The quantitative estimate of drug-likeness (QED) is 0.722. The van der Waals surface area contributed by atoms with E-state index in [2.05, 4.69) is 27.4 Å². The van der Waals surface area contributed by atoms with Crippen LogP contribution in [0.4, 0.5) is 10.1 Å². The highest BCUT2D eigenvalue weighted by Gasteiger charge is 2.20. The van der Waals surface area contributed by atoms with Crippen LogP contribution in [0.3, 0.4) is 0 Å². The zero-order chi connectivity index (χ0) is 18.4. The molecule has 2 aliphatic rings. The topological polar surface area (TPSA) is 47.6 Å². The fraction of sp³-hybridized carbons (Fsp3) is 0.650. The number of anilines is 1. The van der Waals surface area contributed by atoms with Gasteiger partial charge in [0.2, 0.25) is 0 Å². The fourth-order valence-corrected chi connectivity index (χ4v) is 3.87. The highest BCUT2D eigenvalue weighted by Crippen LogP contribution is 2.22. The molecule has 1 atom stereocenters. The van der Waals surface area contributed by atoms with E-state index in [1.807, 2.05) is 0 Å². The van der Waals surface area contributed by atoms with Crippen LogP contribution in [0.2, 0.25) is 0 Å². The summed E-state index contributed by atoms with van der Waals surface area (Å²) in [6.07, 6.45) is 3.40. The lowest BCUT2D eigenvalue weighted by molar-refractivity contribution is 0.0950. The van der Waals surface area contributed by atoms with Gasteiger partial charge in [0.25, 0.3) is 5.91 Å². The number of halogens is 3. The van der Waals surface area contributed by atoms with Crippen molar-refractivity contribution in [1.29, 1.82) is 0 Å². The Hall–Kier alpha value is -1.08. The highest BCUT2D eigenvalue weighted by molar-refractivity contribution is 5.94. The van der Waals surface area contributed by atoms with Gasteiger partial charge >= 0.3 is 0 Å². The van der Waals surface area contributed by atoms with Gasteiger partial charge in [0, 0.05) is 38.3 Å². The van der Waals surface area contributed by atoms with Crippen LogP contribution < -0.4 is 15.5 Å². The normalized spacial score (nSPS) is 20.1. The molecule has 2 saturated heterocycles. The summed E-state index contributed by atoms with van der Waals surface area (Å²) < 4.78 is 14.5. The molecule has 2 fully saturated rings. The van der Waals surface area contributed by atoms with Gasteiger partial charge in [0.05, 0.1) is 5.69 Å².